The normalized spacial score (nSPS) is 13.1. The molecule has 0 saturated heterocycles. The van der Waals surface area contributed by atoms with Gasteiger partial charge in [-0.2, -0.15) is 0 Å². The first kappa shape index (κ1) is 19.6. The van der Waals surface area contributed by atoms with Crippen LogP contribution in [0.25, 0.3) is 86.9 Å². The number of benzene rings is 9. The highest BCUT2D eigenvalue weighted by molar-refractivity contribution is 6.17. The summed E-state index contributed by atoms with van der Waals surface area (Å²) < 4.78 is 36.2. The molecular weight excluding hydrogens is 504 g/mol. The highest BCUT2D eigenvalue weighted by atomic mass is 14.1. The zero-order chi connectivity index (χ0) is 31.1. The molecule has 194 valence electrons. The third-order valence-corrected chi connectivity index (χ3v) is 8.65. The number of fused-ring (bicyclic) bond motifs is 9. The van der Waals surface area contributed by atoms with E-state index in [0.29, 0.717) is 22.3 Å². The van der Waals surface area contributed by atoms with Gasteiger partial charge in [-0.3, -0.25) is 0 Å². The monoisotopic (exact) mass is 534 g/mol. The van der Waals surface area contributed by atoms with E-state index < -0.39 is 0 Å². The third-order valence-electron chi connectivity index (χ3n) is 8.65. The second kappa shape index (κ2) is 9.03. The van der Waals surface area contributed by atoms with Crippen molar-refractivity contribution in [1.29, 1.82) is 0 Å². The van der Waals surface area contributed by atoms with Crippen molar-refractivity contribution in [2.45, 2.75) is 0 Å². The summed E-state index contributed by atoms with van der Waals surface area (Å²) in [5, 5.41) is 13.5. The van der Waals surface area contributed by atoms with E-state index in [9.17, 15) is 0 Å². The Morgan fingerprint density at radius 2 is 0.714 bits per heavy atom. The van der Waals surface area contributed by atoms with Crippen molar-refractivity contribution in [2.24, 2.45) is 0 Å². The maximum Gasteiger partial charge on any atom is 0.0629 e. The summed E-state index contributed by atoms with van der Waals surface area (Å²) in [5.41, 5.74) is 1.98. The Morgan fingerprint density at radius 3 is 1.43 bits per heavy atom. The van der Waals surface area contributed by atoms with Crippen molar-refractivity contribution in [3.05, 3.63) is 158 Å². The molecule has 0 atom stereocenters. The number of hydrogen-bond donors (Lipinski definition) is 0. The van der Waals surface area contributed by atoms with Crippen LogP contribution in [0.4, 0.5) is 0 Å². The first-order chi connectivity index (χ1) is 22.5. The zero-order valence-corrected chi connectivity index (χ0v) is 22.7. The molecule has 0 aromatic heterocycles. The van der Waals surface area contributed by atoms with Crippen LogP contribution in [0.5, 0.6) is 0 Å². The summed E-state index contributed by atoms with van der Waals surface area (Å²) in [7, 11) is 0. The molecule has 9 rings (SSSR count). The molecule has 0 aliphatic heterocycles. The van der Waals surface area contributed by atoms with E-state index in [1.807, 2.05) is 54.6 Å². The summed E-state index contributed by atoms with van der Waals surface area (Å²) in [6.45, 7) is 0. The number of rotatable bonds is 2. The van der Waals surface area contributed by atoms with Crippen LogP contribution in [0.3, 0.4) is 0 Å². The quantitative estimate of drug-likeness (QED) is 0.153. The van der Waals surface area contributed by atoms with Crippen LogP contribution in [0.15, 0.2) is 158 Å². The van der Waals surface area contributed by atoms with Crippen LogP contribution < -0.4 is 0 Å². The summed E-state index contributed by atoms with van der Waals surface area (Å²) in [4.78, 5) is 0. The fourth-order valence-electron chi connectivity index (χ4n) is 6.49. The molecule has 42 heavy (non-hydrogen) atoms. The molecule has 0 unspecified atom stereocenters. The molecule has 0 N–H and O–H groups in total. The smallest absolute Gasteiger partial charge is 0.0616 e. The average Bonchev–Trinajstić information content (AvgIpc) is 3.09. The zero-order valence-electron chi connectivity index (χ0n) is 26.7. The van der Waals surface area contributed by atoms with Crippen LogP contribution >= 0.6 is 0 Å². The molecule has 0 nitrogen and oxygen atoms in total. The standard InChI is InChI=1S/C42H26/c1-3-7-37-30(6-1)17-21-41-39-20-18-32(23-34(39)19-22-40(37)41)28-11-9-27(10-12-28)31-14-15-33-24-35-16-13-29-5-2-4-8-38(29)42(35)26-36(33)25-31/h1-26H/i9D,10D,11D,12D. The van der Waals surface area contributed by atoms with E-state index in [2.05, 4.69) is 78.9 Å². The van der Waals surface area contributed by atoms with Gasteiger partial charge in [-0.25, -0.2) is 0 Å². The van der Waals surface area contributed by atoms with E-state index in [-0.39, 0.29) is 24.2 Å². The Labute approximate surface area is 249 Å². The van der Waals surface area contributed by atoms with Crippen molar-refractivity contribution >= 4 is 64.6 Å². The van der Waals surface area contributed by atoms with Gasteiger partial charge in [-0.1, -0.05) is 133 Å². The van der Waals surface area contributed by atoms with Gasteiger partial charge in [-0.15, -0.1) is 0 Å². The molecule has 0 heterocycles. The van der Waals surface area contributed by atoms with Crippen molar-refractivity contribution in [1.82, 2.24) is 0 Å². The van der Waals surface area contributed by atoms with Gasteiger partial charge in [0.2, 0.25) is 0 Å². The van der Waals surface area contributed by atoms with Gasteiger partial charge >= 0.3 is 0 Å². The molecule has 0 aliphatic rings. The lowest BCUT2D eigenvalue weighted by Gasteiger charge is -2.11. The Bertz CT molecular complexity index is 2710. The average molecular weight is 535 g/mol. The SMILES string of the molecule is [2H]c1c([2H])c(-c2ccc3c(ccc4c5ccccc5ccc34)c2)c([2H])c([2H])c1-c1ccc2cc3ccc4ccccc4c3cc2c1. The molecule has 9 aromatic carbocycles. The molecule has 0 spiro atoms. The van der Waals surface area contributed by atoms with Crippen molar-refractivity contribution in [3.8, 4) is 22.3 Å². The Morgan fingerprint density at radius 1 is 0.262 bits per heavy atom. The topological polar surface area (TPSA) is 0 Å². The van der Waals surface area contributed by atoms with Crippen LogP contribution in [0, 0.1) is 0 Å². The van der Waals surface area contributed by atoms with Crippen LogP contribution in [0.1, 0.15) is 5.48 Å². The summed E-state index contributed by atoms with van der Waals surface area (Å²) in [6, 6.07) is 45.6. The van der Waals surface area contributed by atoms with Crippen molar-refractivity contribution in [3.63, 3.8) is 0 Å². The lowest BCUT2D eigenvalue weighted by atomic mass is 9.93. The van der Waals surface area contributed by atoms with E-state index in [4.69, 9.17) is 5.48 Å². The van der Waals surface area contributed by atoms with Gasteiger partial charge in [0.25, 0.3) is 0 Å². The number of hydrogen-bond acceptors (Lipinski definition) is 0. The second-order valence-corrected chi connectivity index (χ2v) is 11.1. The fourth-order valence-corrected chi connectivity index (χ4v) is 6.49. The van der Waals surface area contributed by atoms with Gasteiger partial charge < -0.3 is 0 Å². The Kier molecular flexibility index (Phi) is 4.21. The predicted molar refractivity (Wildman–Crippen MR) is 182 cm³/mol. The summed E-state index contributed by atoms with van der Waals surface area (Å²) in [5.74, 6) is 0. The maximum absolute atomic E-state index is 9.06. The minimum absolute atomic E-state index is 0.0354. The minimum Gasteiger partial charge on any atom is -0.0616 e. The lowest BCUT2D eigenvalue weighted by molar-refractivity contribution is 1.62. The van der Waals surface area contributed by atoms with Gasteiger partial charge in [0.1, 0.15) is 0 Å². The second-order valence-electron chi connectivity index (χ2n) is 11.1. The van der Waals surface area contributed by atoms with Crippen molar-refractivity contribution in [2.75, 3.05) is 0 Å². The van der Waals surface area contributed by atoms with Crippen LogP contribution in [-0.4, -0.2) is 0 Å². The molecule has 0 aliphatic carbocycles. The lowest BCUT2D eigenvalue weighted by Crippen LogP contribution is -1.84. The van der Waals surface area contributed by atoms with Crippen LogP contribution in [-0.2, 0) is 0 Å². The highest BCUT2D eigenvalue weighted by Crippen LogP contribution is 2.35. The van der Waals surface area contributed by atoms with E-state index in [0.717, 1.165) is 37.7 Å². The summed E-state index contributed by atoms with van der Waals surface area (Å²) >= 11 is 0. The minimum atomic E-state index is -0.0355. The first-order valence-corrected chi connectivity index (χ1v) is 14.3. The Hall–Kier alpha value is -5.46. The predicted octanol–water partition coefficient (Wildman–Crippen LogP) is 11.9. The van der Waals surface area contributed by atoms with E-state index >= 15 is 0 Å². The Balaban J connectivity index is 1.19. The van der Waals surface area contributed by atoms with Gasteiger partial charge in [0, 0.05) is 0 Å². The molecular formula is C42H26. The van der Waals surface area contributed by atoms with Gasteiger partial charge in [0.15, 0.2) is 0 Å². The molecule has 0 saturated carbocycles. The maximum atomic E-state index is 9.06. The van der Waals surface area contributed by atoms with Gasteiger partial charge in [0.05, 0.1) is 5.48 Å². The summed E-state index contributed by atoms with van der Waals surface area (Å²) in [6.07, 6.45) is 0. The van der Waals surface area contributed by atoms with Crippen molar-refractivity contribution < 1.29 is 5.48 Å². The van der Waals surface area contributed by atoms with E-state index in [1.165, 1.54) is 26.9 Å². The molecule has 0 fully saturated rings. The highest BCUT2D eigenvalue weighted by Gasteiger charge is 2.08. The third kappa shape index (κ3) is 3.62. The molecule has 0 heteroatoms. The molecule has 0 radical (unpaired) electrons. The largest absolute Gasteiger partial charge is 0.0629 e. The van der Waals surface area contributed by atoms with Gasteiger partial charge in [-0.05, 0) is 111 Å². The van der Waals surface area contributed by atoms with Crippen LogP contribution in [0.2, 0.25) is 0 Å². The molecule has 9 aromatic rings. The molecule has 0 amide bonds. The molecule has 0 bridgehead atoms. The van der Waals surface area contributed by atoms with E-state index in [1.54, 1.807) is 0 Å². The fraction of sp³-hybridized carbons (Fsp3) is 0. The first-order valence-electron chi connectivity index (χ1n) is 16.3.